The number of benzene rings is 2. The maximum absolute atomic E-state index is 12.3. The van der Waals surface area contributed by atoms with Crippen LogP contribution in [-0.2, 0) is 10.0 Å². The first-order valence-corrected chi connectivity index (χ1v) is 7.99. The quantitative estimate of drug-likeness (QED) is 0.725. The Labute approximate surface area is 136 Å². The van der Waals surface area contributed by atoms with Gasteiger partial charge in [0.1, 0.15) is 10.6 Å². The number of sulfonamides is 1. The first kappa shape index (κ1) is 16.4. The first-order valence-electron chi connectivity index (χ1n) is 5.75. The number of carboxylic acids is 1. The number of anilines is 1. The Morgan fingerprint density at radius 1 is 1.09 bits per heavy atom. The average molecular weight is 362 g/mol. The topological polar surface area (TPSA) is 104 Å². The SMILES string of the molecule is O=C(O)c1ccc(O)c(NS(=O)(=O)c2cc(Cl)ccc2Cl)c1. The van der Waals surface area contributed by atoms with Crippen molar-refractivity contribution in [2.24, 2.45) is 0 Å². The minimum atomic E-state index is -4.15. The van der Waals surface area contributed by atoms with Gasteiger partial charge in [0.15, 0.2) is 0 Å². The van der Waals surface area contributed by atoms with Crippen LogP contribution in [0.4, 0.5) is 5.69 Å². The Balaban J connectivity index is 2.47. The average Bonchev–Trinajstić information content (AvgIpc) is 2.43. The lowest BCUT2D eigenvalue weighted by Crippen LogP contribution is -2.14. The summed E-state index contributed by atoms with van der Waals surface area (Å²) >= 11 is 11.6. The van der Waals surface area contributed by atoms with Crippen LogP contribution >= 0.6 is 23.2 Å². The second-order valence-corrected chi connectivity index (χ2v) is 6.71. The van der Waals surface area contributed by atoms with Crippen molar-refractivity contribution in [3.05, 3.63) is 52.0 Å². The fourth-order valence-corrected chi connectivity index (χ4v) is 3.46. The van der Waals surface area contributed by atoms with Crippen LogP contribution in [0, 0.1) is 0 Å². The highest BCUT2D eigenvalue weighted by molar-refractivity contribution is 7.92. The molecule has 0 fully saturated rings. The minimum absolute atomic E-state index is 0.0641. The van der Waals surface area contributed by atoms with Gasteiger partial charge < -0.3 is 10.2 Å². The van der Waals surface area contributed by atoms with Gasteiger partial charge >= 0.3 is 5.97 Å². The molecule has 22 heavy (non-hydrogen) atoms. The van der Waals surface area contributed by atoms with Crippen LogP contribution in [0.25, 0.3) is 0 Å². The van der Waals surface area contributed by atoms with Crippen LogP contribution in [0.5, 0.6) is 5.75 Å². The summed E-state index contributed by atoms with van der Waals surface area (Å²) in [6, 6.07) is 7.08. The molecule has 6 nitrogen and oxygen atoms in total. The zero-order valence-corrected chi connectivity index (χ0v) is 13.1. The molecule has 2 rings (SSSR count). The second-order valence-electron chi connectivity index (χ2n) is 4.22. The Kier molecular flexibility index (Phi) is 4.50. The Morgan fingerprint density at radius 2 is 1.77 bits per heavy atom. The van der Waals surface area contributed by atoms with Crippen molar-refractivity contribution in [3.8, 4) is 5.75 Å². The van der Waals surface area contributed by atoms with Gasteiger partial charge in [-0.25, -0.2) is 13.2 Å². The van der Waals surface area contributed by atoms with E-state index in [0.29, 0.717) is 0 Å². The van der Waals surface area contributed by atoms with Crippen molar-refractivity contribution in [1.29, 1.82) is 0 Å². The van der Waals surface area contributed by atoms with E-state index in [2.05, 4.69) is 4.72 Å². The molecular weight excluding hydrogens is 353 g/mol. The van der Waals surface area contributed by atoms with Crippen molar-refractivity contribution in [2.75, 3.05) is 4.72 Å². The summed E-state index contributed by atoms with van der Waals surface area (Å²) in [4.78, 5) is 10.6. The Bertz CT molecular complexity index is 852. The van der Waals surface area contributed by atoms with Crippen LogP contribution < -0.4 is 4.72 Å². The van der Waals surface area contributed by atoms with Crippen molar-refractivity contribution in [1.82, 2.24) is 0 Å². The van der Waals surface area contributed by atoms with E-state index < -0.39 is 21.7 Å². The largest absolute Gasteiger partial charge is 0.506 e. The molecule has 0 saturated carbocycles. The molecule has 0 heterocycles. The number of phenols is 1. The lowest BCUT2D eigenvalue weighted by atomic mass is 10.2. The van der Waals surface area contributed by atoms with E-state index >= 15 is 0 Å². The van der Waals surface area contributed by atoms with Crippen molar-refractivity contribution in [3.63, 3.8) is 0 Å². The van der Waals surface area contributed by atoms with E-state index in [4.69, 9.17) is 28.3 Å². The highest BCUT2D eigenvalue weighted by Crippen LogP contribution is 2.30. The van der Waals surface area contributed by atoms with Gasteiger partial charge in [0.05, 0.1) is 16.3 Å². The lowest BCUT2D eigenvalue weighted by molar-refractivity contribution is 0.0697. The molecule has 0 unspecified atom stereocenters. The summed E-state index contributed by atoms with van der Waals surface area (Å²) < 4.78 is 26.7. The van der Waals surface area contributed by atoms with Gasteiger partial charge in [-0.1, -0.05) is 23.2 Å². The molecule has 0 aromatic heterocycles. The van der Waals surface area contributed by atoms with Gasteiger partial charge in [-0.15, -0.1) is 0 Å². The number of aromatic hydroxyl groups is 1. The second kappa shape index (κ2) is 6.04. The van der Waals surface area contributed by atoms with Crippen LogP contribution in [0.1, 0.15) is 10.4 Å². The van der Waals surface area contributed by atoms with Gasteiger partial charge in [-0.2, -0.15) is 0 Å². The summed E-state index contributed by atoms with van der Waals surface area (Å²) in [5, 5.41) is 18.7. The Morgan fingerprint density at radius 3 is 2.41 bits per heavy atom. The number of halogens is 2. The Hall–Kier alpha value is -1.96. The van der Waals surface area contributed by atoms with Gasteiger partial charge in [0.2, 0.25) is 0 Å². The van der Waals surface area contributed by atoms with Crippen LogP contribution in [0.15, 0.2) is 41.3 Å². The van der Waals surface area contributed by atoms with E-state index in [0.717, 1.165) is 24.3 Å². The fraction of sp³-hybridized carbons (Fsp3) is 0. The highest BCUT2D eigenvalue weighted by atomic mass is 35.5. The summed E-state index contributed by atoms with van der Waals surface area (Å²) in [6.07, 6.45) is 0. The number of aromatic carboxylic acids is 1. The molecule has 0 aliphatic carbocycles. The normalized spacial score (nSPS) is 11.2. The molecule has 0 bridgehead atoms. The molecule has 0 spiro atoms. The number of hydrogen-bond donors (Lipinski definition) is 3. The minimum Gasteiger partial charge on any atom is -0.506 e. The van der Waals surface area contributed by atoms with Crippen molar-refractivity contribution in [2.45, 2.75) is 4.90 Å². The summed E-state index contributed by atoms with van der Waals surface area (Å²) in [7, 11) is -4.15. The molecule has 2 aromatic carbocycles. The van der Waals surface area contributed by atoms with E-state index in [9.17, 15) is 18.3 Å². The van der Waals surface area contributed by atoms with E-state index in [1.54, 1.807) is 0 Å². The highest BCUT2D eigenvalue weighted by Gasteiger charge is 2.20. The number of hydrogen-bond acceptors (Lipinski definition) is 4. The molecular formula is C13H9Cl2NO5S. The number of nitrogens with one attached hydrogen (secondary N) is 1. The van der Waals surface area contributed by atoms with E-state index in [1.165, 1.54) is 12.1 Å². The third kappa shape index (κ3) is 3.44. The molecule has 0 aliphatic rings. The van der Waals surface area contributed by atoms with Gasteiger partial charge in [0.25, 0.3) is 10.0 Å². The van der Waals surface area contributed by atoms with Gasteiger partial charge in [-0.05, 0) is 36.4 Å². The molecule has 0 atom stereocenters. The van der Waals surface area contributed by atoms with Gasteiger partial charge in [0, 0.05) is 5.02 Å². The van der Waals surface area contributed by atoms with Crippen LogP contribution in [0.2, 0.25) is 10.0 Å². The smallest absolute Gasteiger partial charge is 0.335 e. The molecule has 9 heteroatoms. The maximum atomic E-state index is 12.3. The van der Waals surface area contributed by atoms with Crippen molar-refractivity contribution >= 4 is 44.9 Å². The summed E-state index contributed by atoms with van der Waals surface area (Å²) in [5.74, 6) is -1.69. The molecule has 0 radical (unpaired) electrons. The molecule has 0 amide bonds. The monoisotopic (exact) mass is 361 g/mol. The molecule has 116 valence electrons. The standard InChI is InChI=1S/C13H9Cl2NO5S/c14-8-2-3-9(15)12(6-8)22(20,21)16-10-5-7(13(18)19)1-4-11(10)17/h1-6,16-17H,(H,18,19). The van der Waals surface area contributed by atoms with Crippen molar-refractivity contribution < 1.29 is 23.4 Å². The summed E-state index contributed by atoms with van der Waals surface area (Å²) in [5.41, 5.74) is -0.469. The molecule has 3 N–H and O–H groups in total. The zero-order valence-electron chi connectivity index (χ0n) is 10.7. The number of carboxylic acid groups (broad SMARTS) is 1. The predicted octanol–water partition coefficient (Wildman–Crippen LogP) is 3.20. The van der Waals surface area contributed by atoms with Crippen LogP contribution in [-0.4, -0.2) is 24.6 Å². The third-order valence-electron chi connectivity index (χ3n) is 2.67. The summed E-state index contributed by atoms with van der Waals surface area (Å²) in [6.45, 7) is 0. The first-order chi connectivity index (χ1) is 10.2. The van der Waals surface area contributed by atoms with E-state index in [1.807, 2.05) is 0 Å². The number of phenolic OH excluding ortho intramolecular Hbond substituents is 1. The fourth-order valence-electron chi connectivity index (χ4n) is 1.63. The molecule has 0 saturated heterocycles. The van der Waals surface area contributed by atoms with Crippen LogP contribution in [0.3, 0.4) is 0 Å². The molecule has 0 aliphatic heterocycles. The van der Waals surface area contributed by atoms with E-state index in [-0.39, 0.29) is 26.2 Å². The zero-order chi connectivity index (χ0) is 16.5. The third-order valence-corrected chi connectivity index (χ3v) is 4.75. The number of rotatable bonds is 4. The lowest BCUT2D eigenvalue weighted by Gasteiger charge is -2.11. The number of carbonyl (C=O) groups is 1. The maximum Gasteiger partial charge on any atom is 0.335 e. The van der Waals surface area contributed by atoms with Gasteiger partial charge in [-0.3, -0.25) is 4.72 Å². The molecule has 2 aromatic rings. The predicted molar refractivity (Wildman–Crippen MR) is 82.3 cm³/mol.